The summed E-state index contributed by atoms with van der Waals surface area (Å²) < 4.78 is 1.94. The molecule has 0 atom stereocenters. The van der Waals surface area contributed by atoms with Crippen LogP contribution in [-0.2, 0) is 6.54 Å². The fourth-order valence-corrected chi connectivity index (χ4v) is 1.98. The Kier molecular flexibility index (Phi) is 3.59. The summed E-state index contributed by atoms with van der Waals surface area (Å²) in [4.78, 5) is 10.7. The van der Waals surface area contributed by atoms with Crippen molar-refractivity contribution in [2.45, 2.75) is 19.9 Å². The third-order valence-electron chi connectivity index (χ3n) is 2.58. The SMILES string of the molecule is CCCn1nccc1-c1ccc(C=O)c(Cl)c1. The molecular formula is C13H13ClN2O. The van der Waals surface area contributed by atoms with Crippen molar-refractivity contribution in [2.75, 3.05) is 0 Å². The van der Waals surface area contributed by atoms with Crippen molar-refractivity contribution in [3.05, 3.63) is 41.0 Å². The van der Waals surface area contributed by atoms with Gasteiger partial charge in [0.25, 0.3) is 0 Å². The van der Waals surface area contributed by atoms with Crippen LogP contribution in [0.3, 0.4) is 0 Å². The molecule has 4 heteroatoms. The van der Waals surface area contributed by atoms with Crippen molar-refractivity contribution in [3.8, 4) is 11.3 Å². The molecule has 0 aliphatic heterocycles. The molecule has 0 amide bonds. The van der Waals surface area contributed by atoms with E-state index in [9.17, 15) is 4.79 Å². The zero-order valence-corrected chi connectivity index (χ0v) is 10.3. The highest BCUT2D eigenvalue weighted by Crippen LogP contribution is 2.24. The number of aromatic nitrogens is 2. The molecule has 0 saturated heterocycles. The zero-order chi connectivity index (χ0) is 12.3. The van der Waals surface area contributed by atoms with Gasteiger partial charge in [0.2, 0.25) is 0 Å². The highest BCUT2D eigenvalue weighted by atomic mass is 35.5. The van der Waals surface area contributed by atoms with Crippen molar-refractivity contribution in [3.63, 3.8) is 0 Å². The molecule has 88 valence electrons. The molecule has 0 saturated carbocycles. The Morgan fingerprint density at radius 1 is 1.41 bits per heavy atom. The molecule has 0 aliphatic rings. The second-order valence-electron chi connectivity index (χ2n) is 3.79. The van der Waals surface area contributed by atoms with Gasteiger partial charge in [-0.3, -0.25) is 9.48 Å². The van der Waals surface area contributed by atoms with Crippen LogP contribution >= 0.6 is 11.6 Å². The van der Waals surface area contributed by atoms with Gasteiger partial charge < -0.3 is 0 Å². The Balaban J connectivity index is 2.42. The summed E-state index contributed by atoms with van der Waals surface area (Å²) >= 11 is 6.01. The van der Waals surface area contributed by atoms with Crippen LogP contribution in [0.15, 0.2) is 30.5 Å². The fraction of sp³-hybridized carbons (Fsp3) is 0.231. The number of rotatable bonds is 4. The number of halogens is 1. The van der Waals surface area contributed by atoms with Crippen LogP contribution in [0.1, 0.15) is 23.7 Å². The molecule has 2 aromatic rings. The lowest BCUT2D eigenvalue weighted by atomic mass is 10.1. The molecule has 2 rings (SSSR count). The first-order chi connectivity index (χ1) is 8.26. The minimum atomic E-state index is 0.474. The molecule has 0 fully saturated rings. The van der Waals surface area contributed by atoms with Crippen LogP contribution in [0.25, 0.3) is 11.3 Å². The van der Waals surface area contributed by atoms with Gasteiger partial charge in [0, 0.05) is 23.9 Å². The predicted molar refractivity (Wildman–Crippen MR) is 68.4 cm³/mol. The number of hydrogen-bond donors (Lipinski definition) is 0. The van der Waals surface area contributed by atoms with Crippen molar-refractivity contribution < 1.29 is 4.79 Å². The Hall–Kier alpha value is -1.61. The number of hydrogen-bond acceptors (Lipinski definition) is 2. The van der Waals surface area contributed by atoms with E-state index in [0.29, 0.717) is 10.6 Å². The fourth-order valence-electron chi connectivity index (χ4n) is 1.75. The van der Waals surface area contributed by atoms with Gasteiger partial charge in [0.15, 0.2) is 6.29 Å². The molecule has 1 heterocycles. The first-order valence-electron chi connectivity index (χ1n) is 5.53. The number of nitrogens with zero attached hydrogens (tertiary/aromatic N) is 2. The summed E-state index contributed by atoms with van der Waals surface area (Å²) in [6.45, 7) is 2.98. The number of aldehydes is 1. The first kappa shape index (κ1) is 11.9. The van der Waals surface area contributed by atoms with Crippen molar-refractivity contribution >= 4 is 17.9 Å². The molecule has 0 unspecified atom stereocenters. The van der Waals surface area contributed by atoms with Gasteiger partial charge in [-0.1, -0.05) is 24.6 Å². The van der Waals surface area contributed by atoms with E-state index in [1.54, 1.807) is 18.3 Å². The summed E-state index contributed by atoms with van der Waals surface area (Å²) in [5, 5.41) is 4.73. The first-order valence-corrected chi connectivity index (χ1v) is 5.91. The van der Waals surface area contributed by atoms with Gasteiger partial charge in [-0.25, -0.2) is 0 Å². The van der Waals surface area contributed by atoms with E-state index in [4.69, 9.17) is 11.6 Å². The third kappa shape index (κ3) is 2.39. The maximum atomic E-state index is 10.7. The highest BCUT2D eigenvalue weighted by Gasteiger charge is 2.07. The van der Waals surface area contributed by atoms with E-state index in [1.807, 2.05) is 16.8 Å². The molecule has 0 aliphatic carbocycles. The molecular weight excluding hydrogens is 236 g/mol. The van der Waals surface area contributed by atoms with Gasteiger partial charge in [0.05, 0.1) is 10.7 Å². The maximum Gasteiger partial charge on any atom is 0.151 e. The lowest BCUT2D eigenvalue weighted by Crippen LogP contribution is -2.01. The second kappa shape index (κ2) is 5.15. The lowest BCUT2D eigenvalue weighted by molar-refractivity contribution is 0.112. The van der Waals surface area contributed by atoms with E-state index in [2.05, 4.69) is 12.0 Å². The van der Waals surface area contributed by atoms with E-state index >= 15 is 0 Å². The topological polar surface area (TPSA) is 34.9 Å². The van der Waals surface area contributed by atoms with Gasteiger partial charge in [-0.15, -0.1) is 0 Å². The van der Waals surface area contributed by atoms with Crippen LogP contribution < -0.4 is 0 Å². The summed E-state index contributed by atoms with van der Waals surface area (Å²) in [5.74, 6) is 0. The van der Waals surface area contributed by atoms with Crippen molar-refractivity contribution in [1.82, 2.24) is 9.78 Å². The molecule has 1 aromatic heterocycles. The molecule has 1 aromatic carbocycles. The molecule has 0 N–H and O–H groups in total. The highest BCUT2D eigenvalue weighted by molar-refractivity contribution is 6.33. The largest absolute Gasteiger partial charge is 0.298 e. The summed E-state index contributed by atoms with van der Waals surface area (Å²) in [6.07, 6.45) is 3.55. The van der Waals surface area contributed by atoms with Crippen molar-refractivity contribution in [2.24, 2.45) is 0 Å². The number of aryl methyl sites for hydroxylation is 1. The zero-order valence-electron chi connectivity index (χ0n) is 9.56. The lowest BCUT2D eigenvalue weighted by Gasteiger charge is -2.07. The summed E-state index contributed by atoms with van der Waals surface area (Å²) in [5.41, 5.74) is 2.51. The van der Waals surface area contributed by atoms with Crippen LogP contribution in [0.2, 0.25) is 5.02 Å². The van der Waals surface area contributed by atoms with E-state index in [0.717, 1.165) is 30.5 Å². The van der Waals surface area contributed by atoms with E-state index in [1.165, 1.54) is 0 Å². The van der Waals surface area contributed by atoms with Gasteiger partial charge in [-0.2, -0.15) is 5.10 Å². The molecule has 0 radical (unpaired) electrons. The predicted octanol–water partition coefficient (Wildman–Crippen LogP) is 3.43. The Labute approximate surface area is 105 Å². The molecule has 17 heavy (non-hydrogen) atoms. The Bertz CT molecular complexity index is 534. The van der Waals surface area contributed by atoms with Gasteiger partial charge in [-0.05, 0) is 24.6 Å². The average molecular weight is 249 g/mol. The molecule has 3 nitrogen and oxygen atoms in total. The van der Waals surface area contributed by atoms with Gasteiger partial charge >= 0.3 is 0 Å². The molecule has 0 spiro atoms. The molecule has 0 bridgehead atoms. The minimum Gasteiger partial charge on any atom is -0.298 e. The standard InChI is InChI=1S/C13H13ClN2O/c1-2-7-16-13(5-6-15-16)10-3-4-11(9-17)12(14)8-10/h3-6,8-9H,2,7H2,1H3. The monoisotopic (exact) mass is 248 g/mol. The smallest absolute Gasteiger partial charge is 0.151 e. The Morgan fingerprint density at radius 2 is 2.24 bits per heavy atom. The average Bonchev–Trinajstić information content (AvgIpc) is 2.78. The van der Waals surface area contributed by atoms with Crippen LogP contribution in [0.4, 0.5) is 0 Å². The van der Waals surface area contributed by atoms with Crippen molar-refractivity contribution in [1.29, 1.82) is 0 Å². The number of benzene rings is 1. The quantitative estimate of drug-likeness (QED) is 0.777. The summed E-state index contributed by atoms with van der Waals surface area (Å²) in [6, 6.07) is 7.36. The third-order valence-corrected chi connectivity index (χ3v) is 2.90. The van der Waals surface area contributed by atoms with E-state index < -0.39 is 0 Å². The number of carbonyl (C=O) groups excluding carboxylic acids is 1. The normalized spacial score (nSPS) is 10.5. The van der Waals surface area contributed by atoms with Crippen LogP contribution in [-0.4, -0.2) is 16.1 Å². The second-order valence-corrected chi connectivity index (χ2v) is 4.20. The maximum absolute atomic E-state index is 10.7. The van der Waals surface area contributed by atoms with Crippen LogP contribution in [0.5, 0.6) is 0 Å². The van der Waals surface area contributed by atoms with E-state index in [-0.39, 0.29) is 0 Å². The summed E-state index contributed by atoms with van der Waals surface area (Å²) in [7, 11) is 0. The van der Waals surface area contributed by atoms with Crippen LogP contribution in [0, 0.1) is 0 Å². The Morgan fingerprint density at radius 3 is 2.88 bits per heavy atom. The minimum absolute atomic E-state index is 0.474. The number of carbonyl (C=O) groups is 1. The van der Waals surface area contributed by atoms with Gasteiger partial charge in [0.1, 0.15) is 0 Å².